The van der Waals surface area contributed by atoms with Crippen LogP contribution in [0.15, 0.2) is 0 Å². The zero-order valence-electron chi connectivity index (χ0n) is 9.48. The van der Waals surface area contributed by atoms with Crippen molar-refractivity contribution in [2.45, 2.75) is 33.3 Å². The molecule has 2 unspecified atom stereocenters. The first kappa shape index (κ1) is 14.3. The second-order valence-corrected chi connectivity index (χ2v) is 3.56. The number of nitrogens with two attached hydrogens (primary N) is 1. The third-order valence-electron chi connectivity index (χ3n) is 1.92. The molecule has 6 heteroatoms. The van der Waals surface area contributed by atoms with Crippen molar-refractivity contribution in [2.24, 2.45) is 11.7 Å². The van der Waals surface area contributed by atoms with E-state index in [-0.39, 0.29) is 12.2 Å². The van der Waals surface area contributed by atoms with Gasteiger partial charge in [-0.15, -0.1) is 0 Å². The van der Waals surface area contributed by atoms with Gasteiger partial charge in [-0.05, 0) is 20.8 Å². The maximum atomic E-state index is 11.1. The summed E-state index contributed by atoms with van der Waals surface area (Å²) in [7, 11) is 0. The standard InChI is InChI=1S/C10H15NO5/c1-5(12)4-8(14)16-7(3)9(6(2)13)10(11)15/h7,9H,4H2,1-3H3,(H2,11,15). The Labute approximate surface area is 93.1 Å². The van der Waals surface area contributed by atoms with Gasteiger partial charge in [0.2, 0.25) is 5.91 Å². The predicted octanol–water partition coefficient (Wildman–Crippen LogP) is -0.412. The summed E-state index contributed by atoms with van der Waals surface area (Å²) < 4.78 is 4.76. The fourth-order valence-corrected chi connectivity index (χ4v) is 1.28. The van der Waals surface area contributed by atoms with Gasteiger partial charge in [0.05, 0.1) is 0 Å². The Balaban J connectivity index is 4.48. The number of ether oxygens (including phenoxy) is 1. The van der Waals surface area contributed by atoms with Gasteiger partial charge in [0.25, 0.3) is 0 Å². The van der Waals surface area contributed by atoms with E-state index in [2.05, 4.69) is 0 Å². The van der Waals surface area contributed by atoms with Crippen LogP contribution in [0.2, 0.25) is 0 Å². The van der Waals surface area contributed by atoms with E-state index in [0.717, 1.165) is 0 Å². The summed E-state index contributed by atoms with van der Waals surface area (Å²) in [6.07, 6.45) is -1.34. The average Bonchev–Trinajstić information content (AvgIpc) is 1.98. The molecule has 0 heterocycles. The number of Topliss-reactive ketones (excluding diaryl/α,β-unsaturated/α-hetero) is 2. The fourth-order valence-electron chi connectivity index (χ4n) is 1.28. The van der Waals surface area contributed by atoms with Crippen molar-refractivity contribution < 1.29 is 23.9 Å². The molecule has 0 saturated carbocycles. The second-order valence-electron chi connectivity index (χ2n) is 3.56. The molecule has 0 aliphatic heterocycles. The molecule has 16 heavy (non-hydrogen) atoms. The molecule has 0 aromatic heterocycles. The molecule has 1 amide bonds. The van der Waals surface area contributed by atoms with Crippen molar-refractivity contribution in [1.29, 1.82) is 0 Å². The van der Waals surface area contributed by atoms with Crippen molar-refractivity contribution >= 4 is 23.4 Å². The highest BCUT2D eigenvalue weighted by atomic mass is 16.5. The van der Waals surface area contributed by atoms with Crippen molar-refractivity contribution in [2.75, 3.05) is 0 Å². The number of esters is 1. The van der Waals surface area contributed by atoms with Crippen molar-refractivity contribution in [3.8, 4) is 0 Å². The molecular weight excluding hydrogens is 214 g/mol. The normalized spacial score (nSPS) is 13.7. The summed E-state index contributed by atoms with van der Waals surface area (Å²) in [5, 5.41) is 0. The molecule has 90 valence electrons. The first-order valence-corrected chi connectivity index (χ1v) is 4.74. The first-order chi connectivity index (χ1) is 7.25. The topological polar surface area (TPSA) is 104 Å². The highest BCUT2D eigenvalue weighted by Crippen LogP contribution is 2.10. The van der Waals surface area contributed by atoms with Gasteiger partial charge in [-0.25, -0.2) is 0 Å². The molecule has 0 aliphatic rings. The molecule has 2 atom stereocenters. The van der Waals surface area contributed by atoms with Gasteiger partial charge in [-0.1, -0.05) is 0 Å². The van der Waals surface area contributed by atoms with E-state index < -0.39 is 29.7 Å². The molecule has 0 radical (unpaired) electrons. The van der Waals surface area contributed by atoms with E-state index in [9.17, 15) is 19.2 Å². The molecule has 0 saturated heterocycles. The third-order valence-corrected chi connectivity index (χ3v) is 1.92. The van der Waals surface area contributed by atoms with Crippen LogP contribution in [0.3, 0.4) is 0 Å². The lowest BCUT2D eigenvalue weighted by atomic mass is 9.99. The maximum Gasteiger partial charge on any atom is 0.313 e. The highest BCUT2D eigenvalue weighted by Gasteiger charge is 2.30. The lowest BCUT2D eigenvalue weighted by Crippen LogP contribution is -2.39. The third kappa shape index (κ3) is 4.68. The van der Waals surface area contributed by atoms with E-state index in [0.29, 0.717) is 0 Å². The smallest absolute Gasteiger partial charge is 0.313 e. The van der Waals surface area contributed by atoms with Gasteiger partial charge < -0.3 is 10.5 Å². The Hall–Kier alpha value is -1.72. The lowest BCUT2D eigenvalue weighted by Gasteiger charge is -2.18. The second kappa shape index (κ2) is 5.99. The number of carbonyl (C=O) groups excluding carboxylic acids is 4. The van der Waals surface area contributed by atoms with Crippen LogP contribution in [0, 0.1) is 5.92 Å². The minimum Gasteiger partial charge on any atom is -0.461 e. The molecule has 0 rings (SSSR count). The largest absolute Gasteiger partial charge is 0.461 e. The summed E-state index contributed by atoms with van der Waals surface area (Å²) in [6, 6.07) is 0. The summed E-state index contributed by atoms with van der Waals surface area (Å²) in [6.45, 7) is 3.81. The number of amides is 1. The number of ketones is 2. The summed E-state index contributed by atoms with van der Waals surface area (Å²) in [5.74, 6) is -3.62. The Kier molecular flexibility index (Phi) is 5.35. The van der Waals surface area contributed by atoms with Crippen LogP contribution < -0.4 is 5.73 Å². The minimum atomic E-state index is -1.17. The number of hydrogen-bond acceptors (Lipinski definition) is 5. The van der Waals surface area contributed by atoms with Crippen molar-refractivity contribution in [3.63, 3.8) is 0 Å². The van der Waals surface area contributed by atoms with Crippen LogP contribution in [0.25, 0.3) is 0 Å². The van der Waals surface area contributed by atoms with Gasteiger partial charge in [-0.3, -0.25) is 19.2 Å². The zero-order chi connectivity index (χ0) is 12.9. The molecule has 0 aromatic carbocycles. The van der Waals surface area contributed by atoms with Gasteiger partial charge in [0.1, 0.15) is 30.0 Å². The van der Waals surface area contributed by atoms with Crippen LogP contribution in [0.4, 0.5) is 0 Å². The Morgan fingerprint density at radius 2 is 1.69 bits per heavy atom. The quantitative estimate of drug-likeness (QED) is 0.492. The van der Waals surface area contributed by atoms with Crippen LogP contribution in [-0.4, -0.2) is 29.5 Å². The average molecular weight is 229 g/mol. The SMILES string of the molecule is CC(=O)CC(=O)OC(C)C(C(C)=O)C(N)=O. The monoisotopic (exact) mass is 229 g/mol. The molecule has 0 aliphatic carbocycles. The Bertz CT molecular complexity index is 309. The lowest BCUT2D eigenvalue weighted by molar-refractivity contribution is -0.154. The summed E-state index contributed by atoms with van der Waals surface area (Å²) in [5.41, 5.74) is 5.00. The van der Waals surface area contributed by atoms with Crippen molar-refractivity contribution in [3.05, 3.63) is 0 Å². The molecule has 0 fully saturated rings. The van der Waals surface area contributed by atoms with E-state index >= 15 is 0 Å². The molecule has 2 N–H and O–H groups in total. The zero-order valence-corrected chi connectivity index (χ0v) is 9.48. The molecular formula is C10H15NO5. The van der Waals surface area contributed by atoms with E-state index in [4.69, 9.17) is 10.5 Å². The molecule has 0 aromatic rings. The van der Waals surface area contributed by atoms with E-state index in [1.807, 2.05) is 0 Å². The fraction of sp³-hybridized carbons (Fsp3) is 0.600. The van der Waals surface area contributed by atoms with Gasteiger partial charge in [0.15, 0.2) is 0 Å². The number of hydrogen-bond donors (Lipinski definition) is 1. The highest BCUT2D eigenvalue weighted by molar-refractivity contribution is 6.00. The van der Waals surface area contributed by atoms with Crippen molar-refractivity contribution in [1.82, 2.24) is 0 Å². The van der Waals surface area contributed by atoms with Crippen LogP contribution in [-0.2, 0) is 23.9 Å². The molecule has 0 bridgehead atoms. The van der Waals surface area contributed by atoms with Crippen LogP contribution in [0.1, 0.15) is 27.2 Å². The minimum absolute atomic E-state index is 0.351. The maximum absolute atomic E-state index is 11.1. The molecule has 6 nitrogen and oxygen atoms in total. The van der Waals surface area contributed by atoms with E-state index in [1.165, 1.54) is 20.8 Å². The van der Waals surface area contributed by atoms with Gasteiger partial charge in [-0.2, -0.15) is 0 Å². The first-order valence-electron chi connectivity index (χ1n) is 4.74. The Morgan fingerprint density at radius 3 is 2.00 bits per heavy atom. The molecule has 0 spiro atoms. The van der Waals surface area contributed by atoms with Crippen LogP contribution in [0.5, 0.6) is 0 Å². The Morgan fingerprint density at radius 1 is 1.19 bits per heavy atom. The number of rotatable bonds is 6. The number of carbonyl (C=O) groups is 4. The van der Waals surface area contributed by atoms with Crippen LogP contribution >= 0.6 is 0 Å². The predicted molar refractivity (Wildman–Crippen MR) is 54.2 cm³/mol. The van der Waals surface area contributed by atoms with Gasteiger partial charge >= 0.3 is 5.97 Å². The summed E-state index contributed by atoms with van der Waals surface area (Å²) in [4.78, 5) is 43.7. The van der Waals surface area contributed by atoms with E-state index in [1.54, 1.807) is 0 Å². The van der Waals surface area contributed by atoms with Gasteiger partial charge in [0, 0.05) is 0 Å². The number of primary amides is 1. The summed E-state index contributed by atoms with van der Waals surface area (Å²) >= 11 is 0.